The Morgan fingerprint density at radius 2 is 1.91 bits per heavy atom. The minimum Gasteiger partial charge on any atom is -0.503 e. The topological polar surface area (TPSA) is 111 Å². The van der Waals surface area contributed by atoms with Crippen LogP contribution in [0.5, 0.6) is 5.75 Å². The van der Waals surface area contributed by atoms with Gasteiger partial charge in [-0.3, -0.25) is 14.4 Å². The molecular weight excluding hydrogens is 298 g/mol. The van der Waals surface area contributed by atoms with E-state index in [-0.39, 0.29) is 18.0 Å². The maximum absolute atomic E-state index is 12.2. The molecule has 0 saturated carbocycles. The molecule has 7 heteroatoms. The maximum atomic E-state index is 12.2. The summed E-state index contributed by atoms with van der Waals surface area (Å²) in [7, 11) is 1.47. The summed E-state index contributed by atoms with van der Waals surface area (Å²) in [5.41, 5.74) is -0.0832. The molecule has 2 amide bonds. The van der Waals surface area contributed by atoms with Gasteiger partial charge >= 0.3 is 0 Å². The molecule has 1 atom stereocenters. The summed E-state index contributed by atoms with van der Waals surface area (Å²) in [5, 5.41) is 14.7. The third kappa shape index (κ3) is 3.97. The zero-order valence-corrected chi connectivity index (χ0v) is 12.5. The van der Waals surface area contributed by atoms with Crippen molar-refractivity contribution in [3.63, 3.8) is 0 Å². The summed E-state index contributed by atoms with van der Waals surface area (Å²) in [4.78, 5) is 38.1. The van der Waals surface area contributed by atoms with Crippen molar-refractivity contribution in [3.05, 3.63) is 64.1 Å². The molecule has 1 aromatic heterocycles. The molecule has 0 aliphatic rings. The van der Waals surface area contributed by atoms with Crippen LogP contribution in [-0.4, -0.2) is 35.0 Å². The maximum Gasteiger partial charge on any atom is 0.272 e. The van der Waals surface area contributed by atoms with Gasteiger partial charge in [-0.2, -0.15) is 0 Å². The van der Waals surface area contributed by atoms with E-state index in [0.717, 1.165) is 11.6 Å². The summed E-state index contributed by atoms with van der Waals surface area (Å²) in [5.74, 6) is -1.79. The highest BCUT2D eigenvalue weighted by atomic mass is 16.3. The highest BCUT2D eigenvalue weighted by molar-refractivity contribution is 5.97. The fraction of sp³-hybridized carbons (Fsp3) is 0.188. The number of hydrogen-bond acceptors (Lipinski definition) is 4. The van der Waals surface area contributed by atoms with E-state index in [1.165, 1.54) is 13.2 Å². The highest BCUT2D eigenvalue weighted by Crippen LogP contribution is 2.09. The number of aromatic hydroxyl groups is 1. The first kappa shape index (κ1) is 16.3. The molecule has 120 valence electrons. The summed E-state index contributed by atoms with van der Waals surface area (Å²) in [6.45, 7) is 0. The number of carbonyl (C=O) groups is 2. The van der Waals surface area contributed by atoms with Gasteiger partial charge in [-0.05, 0) is 5.56 Å². The van der Waals surface area contributed by atoms with Gasteiger partial charge in [-0.25, -0.2) is 0 Å². The van der Waals surface area contributed by atoms with Crippen LogP contribution < -0.4 is 16.1 Å². The largest absolute Gasteiger partial charge is 0.503 e. The van der Waals surface area contributed by atoms with Crippen LogP contribution in [0.4, 0.5) is 0 Å². The van der Waals surface area contributed by atoms with E-state index in [9.17, 15) is 19.5 Å². The van der Waals surface area contributed by atoms with Gasteiger partial charge < -0.3 is 20.7 Å². The standard InChI is InChI=1S/C16H17N3O4/c1-17-15(22)11(9-10-5-3-2-4-6-10)19-16(23)13-14(21)12(20)7-8-18-13/h2-8,11,21H,9H2,1H3,(H,17,22)(H,18,20)(H,19,23). The second kappa shape index (κ2) is 7.26. The number of aromatic nitrogens is 1. The zero-order valence-electron chi connectivity index (χ0n) is 12.5. The molecule has 4 N–H and O–H groups in total. The van der Waals surface area contributed by atoms with Gasteiger partial charge in [-0.1, -0.05) is 30.3 Å². The van der Waals surface area contributed by atoms with Crippen molar-refractivity contribution < 1.29 is 14.7 Å². The third-order valence-corrected chi connectivity index (χ3v) is 3.31. The van der Waals surface area contributed by atoms with Crippen molar-refractivity contribution >= 4 is 11.8 Å². The molecule has 0 radical (unpaired) electrons. The van der Waals surface area contributed by atoms with Crippen molar-refractivity contribution in [1.29, 1.82) is 0 Å². The van der Waals surface area contributed by atoms with Crippen LogP contribution in [-0.2, 0) is 11.2 Å². The average Bonchev–Trinajstić information content (AvgIpc) is 2.56. The van der Waals surface area contributed by atoms with Crippen molar-refractivity contribution in [3.8, 4) is 5.75 Å². The molecular formula is C16H17N3O4. The lowest BCUT2D eigenvalue weighted by atomic mass is 10.1. The normalized spacial score (nSPS) is 11.5. The van der Waals surface area contributed by atoms with Crippen molar-refractivity contribution in [2.75, 3.05) is 7.05 Å². The van der Waals surface area contributed by atoms with Gasteiger partial charge in [0, 0.05) is 25.7 Å². The van der Waals surface area contributed by atoms with Crippen LogP contribution in [0.1, 0.15) is 16.1 Å². The number of hydrogen-bond donors (Lipinski definition) is 4. The monoisotopic (exact) mass is 315 g/mol. The van der Waals surface area contributed by atoms with Crippen LogP contribution in [0.15, 0.2) is 47.4 Å². The number of carbonyl (C=O) groups excluding carboxylic acids is 2. The van der Waals surface area contributed by atoms with E-state index < -0.39 is 23.1 Å². The van der Waals surface area contributed by atoms with Gasteiger partial charge in [-0.15, -0.1) is 0 Å². The first-order valence-electron chi connectivity index (χ1n) is 7.00. The van der Waals surface area contributed by atoms with Gasteiger partial charge in [0.25, 0.3) is 5.91 Å². The predicted octanol–water partition coefficient (Wildman–Crippen LogP) is 0.168. The van der Waals surface area contributed by atoms with Crippen LogP contribution in [0.3, 0.4) is 0 Å². The Labute approximate surface area is 132 Å². The van der Waals surface area contributed by atoms with Crippen molar-refractivity contribution in [2.45, 2.75) is 12.5 Å². The number of likely N-dealkylation sites (N-methyl/N-ethyl adjacent to an activating group) is 1. The van der Waals surface area contributed by atoms with E-state index in [0.29, 0.717) is 0 Å². The van der Waals surface area contributed by atoms with E-state index >= 15 is 0 Å². The molecule has 1 heterocycles. The summed E-state index contributed by atoms with van der Waals surface area (Å²) < 4.78 is 0. The molecule has 1 aromatic carbocycles. The van der Waals surface area contributed by atoms with Crippen LogP contribution in [0.25, 0.3) is 0 Å². The molecule has 2 rings (SSSR count). The Balaban J connectivity index is 2.20. The van der Waals surface area contributed by atoms with Gasteiger partial charge in [0.05, 0.1) is 0 Å². The van der Waals surface area contributed by atoms with Crippen molar-refractivity contribution in [1.82, 2.24) is 15.6 Å². The van der Waals surface area contributed by atoms with E-state index in [2.05, 4.69) is 15.6 Å². The number of H-pyrrole nitrogens is 1. The highest BCUT2D eigenvalue weighted by Gasteiger charge is 2.23. The Morgan fingerprint density at radius 1 is 1.22 bits per heavy atom. The minimum absolute atomic E-state index is 0.278. The van der Waals surface area contributed by atoms with Crippen LogP contribution in [0.2, 0.25) is 0 Å². The predicted molar refractivity (Wildman–Crippen MR) is 84.2 cm³/mol. The number of rotatable bonds is 5. The lowest BCUT2D eigenvalue weighted by Crippen LogP contribution is -2.47. The number of pyridine rings is 1. The van der Waals surface area contributed by atoms with Gasteiger partial charge in [0.15, 0.2) is 11.4 Å². The molecule has 0 aliphatic carbocycles. The molecule has 0 spiro atoms. The number of benzene rings is 1. The Morgan fingerprint density at radius 3 is 2.57 bits per heavy atom. The quantitative estimate of drug-likeness (QED) is 0.630. The lowest BCUT2D eigenvalue weighted by molar-refractivity contribution is -0.122. The first-order valence-corrected chi connectivity index (χ1v) is 7.00. The molecule has 0 bridgehead atoms. The van der Waals surface area contributed by atoms with Gasteiger partial charge in [0.2, 0.25) is 11.3 Å². The average molecular weight is 315 g/mol. The second-order valence-electron chi connectivity index (χ2n) is 4.90. The van der Waals surface area contributed by atoms with Crippen LogP contribution in [0, 0.1) is 0 Å². The number of aromatic amines is 1. The fourth-order valence-corrected chi connectivity index (χ4v) is 2.11. The molecule has 23 heavy (non-hydrogen) atoms. The molecule has 1 unspecified atom stereocenters. The minimum atomic E-state index is -0.835. The molecule has 0 saturated heterocycles. The fourth-order valence-electron chi connectivity index (χ4n) is 2.11. The van der Waals surface area contributed by atoms with Gasteiger partial charge in [0.1, 0.15) is 6.04 Å². The smallest absolute Gasteiger partial charge is 0.272 e. The first-order chi connectivity index (χ1) is 11.0. The zero-order chi connectivity index (χ0) is 16.8. The van der Waals surface area contributed by atoms with E-state index in [1.807, 2.05) is 30.3 Å². The van der Waals surface area contributed by atoms with Crippen molar-refractivity contribution in [2.24, 2.45) is 0 Å². The Bertz CT molecular complexity index is 755. The molecule has 0 aliphatic heterocycles. The Hall–Kier alpha value is -3.09. The number of amides is 2. The summed E-state index contributed by atoms with van der Waals surface area (Å²) in [6.07, 6.45) is 1.53. The second-order valence-corrected chi connectivity index (χ2v) is 4.90. The van der Waals surface area contributed by atoms with Crippen LogP contribution >= 0.6 is 0 Å². The molecule has 0 fully saturated rings. The third-order valence-electron chi connectivity index (χ3n) is 3.31. The summed E-state index contributed by atoms with van der Waals surface area (Å²) in [6, 6.07) is 9.46. The SMILES string of the molecule is CNC(=O)C(Cc1ccccc1)NC(=O)c1[nH]ccc(=O)c1O. The van der Waals surface area contributed by atoms with E-state index in [1.54, 1.807) is 0 Å². The number of nitrogens with one attached hydrogen (secondary N) is 3. The lowest BCUT2D eigenvalue weighted by Gasteiger charge is -2.17. The Kier molecular flexibility index (Phi) is 5.14. The molecule has 2 aromatic rings. The molecule has 7 nitrogen and oxygen atoms in total. The van der Waals surface area contributed by atoms with E-state index in [4.69, 9.17) is 0 Å². The summed E-state index contributed by atoms with van der Waals surface area (Å²) >= 11 is 0.